The van der Waals surface area contributed by atoms with Crippen LogP contribution in [0, 0.1) is 0 Å². The standard InChI is InChI=1S/C5H7IO3/c1-9-5(8)3-2-4(6)7/h2-3H2,1H3. The smallest absolute Gasteiger partial charge is 0.305 e. The Morgan fingerprint density at radius 2 is 2.00 bits per heavy atom. The van der Waals surface area contributed by atoms with Crippen molar-refractivity contribution in [1.82, 2.24) is 0 Å². The van der Waals surface area contributed by atoms with E-state index in [1.807, 2.05) is 0 Å². The van der Waals surface area contributed by atoms with Crippen molar-refractivity contribution in [3.05, 3.63) is 0 Å². The van der Waals surface area contributed by atoms with Gasteiger partial charge in [0.2, 0.25) is 0 Å². The van der Waals surface area contributed by atoms with Crippen LogP contribution in [-0.2, 0) is 14.3 Å². The normalized spacial score (nSPS) is 8.67. The van der Waals surface area contributed by atoms with Gasteiger partial charge in [0.25, 0.3) is 0 Å². The van der Waals surface area contributed by atoms with E-state index in [2.05, 4.69) is 4.74 Å². The summed E-state index contributed by atoms with van der Waals surface area (Å²) in [7, 11) is 1.31. The lowest BCUT2D eigenvalue weighted by molar-refractivity contribution is -0.141. The molecule has 3 nitrogen and oxygen atoms in total. The van der Waals surface area contributed by atoms with Crippen LogP contribution in [0.4, 0.5) is 0 Å². The van der Waals surface area contributed by atoms with Gasteiger partial charge in [0.15, 0.2) is 3.79 Å². The van der Waals surface area contributed by atoms with E-state index >= 15 is 0 Å². The number of methoxy groups -OCH3 is 1. The van der Waals surface area contributed by atoms with E-state index in [4.69, 9.17) is 0 Å². The number of esters is 1. The molecule has 0 saturated heterocycles. The highest BCUT2D eigenvalue weighted by Gasteiger charge is 2.01. The van der Waals surface area contributed by atoms with Crippen molar-refractivity contribution in [2.75, 3.05) is 7.11 Å². The zero-order valence-corrected chi connectivity index (χ0v) is 7.17. The lowest BCUT2D eigenvalue weighted by Crippen LogP contribution is -2.01. The van der Waals surface area contributed by atoms with Gasteiger partial charge in [0.1, 0.15) is 0 Å². The van der Waals surface area contributed by atoms with Crippen LogP contribution >= 0.6 is 22.6 Å². The van der Waals surface area contributed by atoms with E-state index in [0.29, 0.717) is 0 Å². The van der Waals surface area contributed by atoms with Gasteiger partial charge in [0, 0.05) is 6.42 Å². The predicted octanol–water partition coefficient (Wildman–Crippen LogP) is 0.901. The maximum absolute atomic E-state index is 10.3. The second-order valence-corrected chi connectivity index (χ2v) is 2.63. The molecule has 0 N–H and O–H groups in total. The Morgan fingerprint density at radius 3 is 2.33 bits per heavy atom. The lowest BCUT2D eigenvalue weighted by Gasteiger charge is -1.92. The van der Waals surface area contributed by atoms with Crippen molar-refractivity contribution in [2.24, 2.45) is 0 Å². The monoisotopic (exact) mass is 242 g/mol. The zero-order chi connectivity index (χ0) is 7.28. The molecule has 0 aromatic rings. The molecule has 0 spiro atoms. The molecule has 0 aromatic carbocycles. The second kappa shape index (κ2) is 4.72. The van der Waals surface area contributed by atoms with Crippen molar-refractivity contribution in [2.45, 2.75) is 12.8 Å². The van der Waals surface area contributed by atoms with Gasteiger partial charge in [-0.2, -0.15) is 0 Å². The molecule has 9 heavy (non-hydrogen) atoms. The summed E-state index contributed by atoms with van der Waals surface area (Å²) in [6.07, 6.45) is 0.464. The number of hydrogen-bond donors (Lipinski definition) is 0. The van der Waals surface area contributed by atoms with Crippen molar-refractivity contribution in [1.29, 1.82) is 0 Å². The highest BCUT2D eigenvalue weighted by molar-refractivity contribution is 14.1. The minimum atomic E-state index is -0.333. The first-order valence-electron chi connectivity index (χ1n) is 2.42. The molecule has 0 aliphatic rings. The number of carbonyl (C=O) groups is 2. The minimum Gasteiger partial charge on any atom is -0.469 e. The molecule has 0 saturated carbocycles. The molecule has 0 radical (unpaired) electrons. The van der Waals surface area contributed by atoms with Crippen molar-refractivity contribution < 1.29 is 14.3 Å². The van der Waals surface area contributed by atoms with Gasteiger partial charge in [-0.1, -0.05) is 0 Å². The fourth-order valence-electron chi connectivity index (χ4n) is 0.302. The van der Waals surface area contributed by atoms with Crippen LogP contribution < -0.4 is 0 Å². The number of halogens is 1. The first kappa shape index (κ1) is 8.87. The second-order valence-electron chi connectivity index (χ2n) is 1.43. The van der Waals surface area contributed by atoms with E-state index in [1.165, 1.54) is 7.11 Å². The molecular weight excluding hydrogens is 235 g/mol. The van der Waals surface area contributed by atoms with E-state index in [1.54, 1.807) is 22.6 Å². The summed E-state index contributed by atoms with van der Waals surface area (Å²) in [5, 5.41) is 0. The average Bonchev–Trinajstić information content (AvgIpc) is 1.83. The molecule has 52 valence electrons. The van der Waals surface area contributed by atoms with E-state index in [-0.39, 0.29) is 22.6 Å². The maximum atomic E-state index is 10.3. The lowest BCUT2D eigenvalue weighted by atomic mass is 10.3. The zero-order valence-electron chi connectivity index (χ0n) is 5.02. The fourth-order valence-corrected chi connectivity index (χ4v) is 0.572. The number of hydrogen-bond acceptors (Lipinski definition) is 3. The Kier molecular flexibility index (Phi) is 4.65. The third-order valence-corrected chi connectivity index (χ3v) is 1.29. The molecule has 0 rings (SSSR count). The van der Waals surface area contributed by atoms with Gasteiger partial charge in [-0.3, -0.25) is 9.59 Å². The Bertz CT molecular complexity index is 121. The quantitative estimate of drug-likeness (QED) is 0.419. The number of ether oxygens (including phenoxy) is 1. The summed E-state index contributed by atoms with van der Waals surface area (Å²) in [6.45, 7) is 0. The van der Waals surface area contributed by atoms with Gasteiger partial charge < -0.3 is 4.74 Å². The van der Waals surface area contributed by atoms with Crippen LogP contribution in [0.15, 0.2) is 0 Å². The molecule has 0 heterocycles. The molecular formula is C5H7IO3. The number of carbonyl (C=O) groups excluding carboxylic acids is 2. The van der Waals surface area contributed by atoms with Crippen LogP contribution in [0.1, 0.15) is 12.8 Å². The summed E-state index contributed by atoms with van der Waals surface area (Å²) in [5.41, 5.74) is 0. The maximum Gasteiger partial charge on any atom is 0.305 e. The Hall–Kier alpha value is -0.130. The van der Waals surface area contributed by atoms with Gasteiger partial charge >= 0.3 is 5.97 Å². The Labute approximate surface area is 66.9 Å². The summed E-state index contributed by atoms with van der Waals surface area (Å²) in [4.78, 5) is 20.6. The first-order chi connectivity index (χ1) is 4.16. The third-order valence-electron chi connectivity index (χ3n) is 0.753. The molecule has 0 unspecified atom stereocenters. The third kappa shape index (κ3) is 5.75. The van der Waals surface area contributed by atoms with Gasteiger partial charge in [-0.05, 0) is 22.6 Å². The Morgan fingerprint density at radius 1 is 1.44 bits per heavy atom. The van der Waals surface area contributed by atoms with E-state index in [9.17, 15) is 9.59 Å². The Balaban J connectivity index is 3.28. The van der Waals surface area contributed by atoms with E-state index < -0.39 is 0 Å². The SMILES string of the molecule is COC(=O)CCC(=O)I. The molecule has 0 aliphatic heterocycles. The summed E-state index contributed by atoms with van der Waals surface area (Å²) in [6, 6.07) is 0. The molecule has 4 heteroatoms. The predicted molar refractivity (Wildman–Crippen MR) is 40.3 cm³/mol. The van der Waals surface area contributed by atoms with Crippen LogP contribution in [0.25, 0.3) is 0 Å². The van der Waals surface area contributed by atoms with Crippen LogP contribution in [-0.4, -0.2) is 16.9 Å². The van der Waals surface area contributed by atoms with Crippen LogP contribution in [0.5, 0.6) is 0 Å². The molecule has 0 bridgehead atoms. The topological polar surface area (TPSA) is 43.4 Å². The largest absolute Gasteiger partial charge is 0.469 e. The molecule has 0 aliphatic carbocycles. The minimum absolute atomic E-state index is 0.0157. The summed E-state index contributed by atoms with van der Waals surface area (Å²) in [5.74, 6) is -0.333. The van der Waals surface area contributed by atoms with Gasteiger partial charge in [-0.15, -0.1) is 0 Å². The molecule has 0 amide bonds. The molecule has 0 aromatic heterocycles. The average molecular weight is 242 g/mol. The van der Waals surface area contributed by atoms with Crippen molar-refractivity contribution >= 4 is 32.4 Å². The van der Waals surface area contributed by atoms with Gasteiger partial charge in [0.05, 0.1) is 13.5 Å². The highest BCUT2D eigenvalue weighted by Crippen LogP contribution is 1.97. The summed E-state index contributed by atoms with van der Waals surface area (Å²) < 4.78 is 4.29. The summed E-state index contributed by atoms with van der Waals surface area (Å²) >= 11 is 1.65. The molecule has 0 atom stereocenters. The number of rotatable bonds is 3. The van der Waals surface area contributed by atoms with Crippen LogP contribution in [0.2, 0.25) is 0 Å². The van der Waals surface area contributed by atoms with Gasteiger partial charge in [-0.25, -0.2) is 0 Å². The van der Waals surface area contributed by atoms with E-state index in [0.717, 1.165) is 0 Å². The van der Waals surface area contributed by atoms with Crippen LogP contribution in [0.3, 0.4) is 0 Å². The molecule has 0 fully saturated rings. The fraction of sp³-hybridized carbons (Fsp3) is 0.600. The van der Waals surface area contributed by atoms with Crippen molar-refractivity contribution in [3.63, 3.8) is 0 Å². The highest BCUT2D eigenvalue weighted by atomic mass is 127. The first-order valence-corrected chi connectivity index (χ1v) is 3.50. The van der Waals surface area contributed by atoms with Crippen molar-refractivity contribution in [3.8, 4) is 0 Å².